The predicted octanol–water partition coefficient (Wildman–Crippen LogP) is 7.07. The van der Waals surface area contributed by atoms with Crippen LogP contribution in [0.5, 0.6) is 0 Å². The molecule has 0 saturated carbocycles. The summed E-state index contributed by atoms with van der Waals surface area (Å²) in [6, 6.07) is 24.4. The summed E-state index contributed by atoms with van der Waals surface area (Å²) in [5.74, 6) is -0.780. The third-order valence-electron chi connectivity index (χ3n) is 6.10. The molecule has 2 aliphatic rings. The highest BCUT2D eigenvalue weighted by Crippen LogP contribution is 2.64. The molecule has 0 nitrogen and oxygen atoms in total. The van der Waals surface area contributed by atoms with Crippen LogP contribution in [-0.2, 0) is 5.41 Å². The van der Waals surface area contributed by atoms with Gasteiger partial charge in [-0.3, -0.25) is 0 Å². The van der Waals surface area contributed by atoms with Crippen molar-refractivity contribution in [2.24, 2.45) is 0 Å². The first-order valence-corrected chi connectivity index (χ1v) is 9.92. The van der Waals surface area contributed by atoms with Gasteiger partial charge in [0.1, 0.15) is 11.6 Å². The lowest BCUT2D eigenvalue weighted by molar-refractivity contribution is 0.617. The zero-order valence-corrected chi connectivity index (χ0v) is 16.2. The van der Waals surface area contributed by atoms with Gasteiger partial charge in [0, 0.05) is 15.6 Å². The number of hydrogen-bond acceptors (Lipinski definition) is 0. The van der Waals surface area contributed by atoms with E-state index in [1.54, 1.807) is 12.1 Å². The molecule has 0 radical (unpaired) electrons. The van der Waals surface area contributed by atoms with E-state index in [0.717, 1.165) is 37.9 Å². The van der Waals surface area contributed by atoms with Gasteiger partial charge in [0.05, 0.1) is 5.41 Å². The summed E-state index contributed by atoms with van der Waals surface area (Å²) in [7, 11) is 0. The van der Waals surface area contributed by atoms with Crippen LogP contribution in [-0.4, -0.2) is 0 Å². The Kier molecular flexibility index (Phi) is 3.12. The molecule has 0 amide bonds. The van der Waals surface area contributed by atoms with E-state index in [9.17, 15) is 0 Å². The fraction of sp³-hybridized carbons (Fsp3) is 0.0400. The molecule has 3 heteroatoms. The summed E-state index contributed by atoms with van der Waals surface area (Å²) < 4.78 is 31.1. The molecular weight excluding hydrogens is 418 g/mol. The maximum atomic E-state index is 15.1. The SMILES string of the molecule is Fc1cccc2c1-c1c(F)cccc1C21c2ccccc2-c2cccc(Br)c21. The van der Waals surface area contributed by atoms with Crippen LogP contribution >= 0.6 is 15.9 Å². The average molecular weight is 431 g/mol. The topological polar surface area (TPSA) is 0 Å². The summed E-state index contributed by atoms with van der Waals surface area (Å²) in [4.78, 5) is 0. The standard InChI is InChI=1S/C25H13BrF2/c26-19-11-3-7-15-14-6-1-2-8-16(14)25(24(15)19)17-9-4-12-20(27)22(17)23-18(25)10-5-13-21(23)28/h1-13H. The van der Waals surface area contributed by atoms with Gasteiger partial charge in [-0.15, -0.1) is 0 Å². The molecule has 0 heterocycles. The molecule has 134 valence electrons. The lowest BCUT2D eigenvalue weighted by Gasteiger charge is -2.31. The molecule has 0 aromatic heterocycles. The van der Waals surface area contributed by atoms with Gasteiger partial charge < -0.3 is 0 Å². The van der Waals surface area contributed by atoms with Crippen molar-refractivity contribution in [3.63, 3.8) is 0 Å². The van der Waals surface area contributed by atoms with Gasteiger partial charge in [-0.25, -0.2) is 8.78 Å². The molecule has 4 aromatic rings. The Bertz CT molecular complexity index is 1250. The van der Waals surface area contributed by atoms with Crippen molar-refractivity contribution in [1.82, 2.24) is 0 Å². The summed E-state index contributed by atoms with van der Waals surface area (Å²) >= 11 is 3.74. The van der Waals surface area contributed by atoms with Crippen LogP contribution < -0.4 is 0 Å². The Balaban J connectivity index is 1.92. The third kappa shape index (κ3) is 1.70. The lowest BCUT2D eigenvalue weighted by Crippen LogP contribution is -2.26. The number of fused-ring (bicyclic) bond motifs is 10. The van der Waals surface area contributed by atoms with E-state index >= 15 is 8.78 Å². The van der Waals surface area contributed by atoms with Gasteiger partial charge in [0.25, 0.3) is 0 Å². The van der Waals surface area contributed by atoms with E-state index in [-0.39, 0.29) is 0 Å². The van der Waals surface area contributed by atoms with Gasteiger partial charge >= 0.3 is 0 Å². The number of rotatable bonds is 0. The summed E-state index contributed by atoms with van der Waals surface area (Å²) in [6.45, 7) is 0. The smallest absolute Gasteiger partial charge is 0.131 e. The van der Waals surface area contributed by atoms with Crippen molar-refractivity contribution in [3.8, 4) is 22.3 Å². The normalized spacial score (nSPS) is 14.5. The second-order valence-electron chi connectivity index (χ2n) is 7.28. The maximum absolute atomic E-state index is 15.1. The van der Waals surface area contributed by atoms with Crippen molar-refractivity contribution in [1.29, 1.82) is 0 Å². The minimum absolute atomic E-state index is 0.369. The second-order valence-corrected chi connectivity index (χ2v) is 8.14. The van der Waals surface area contributed by atoms with Crippen molar-refractivity contribution in [2.75, 3.05) is 0 Å². The fourth-order valence-corrected chi connectivity index (χ4v) is 5.86. The molecule has 0 atom stereocenters. The first-order valence-electron chi connectivity index (χ1n) is 9.13. The Morgan fingerprint density at radius 1 is 0.571 bits per heavy atom. The van der Waals surface area contributed by atoms with E-state index in [1.165, 1.54) is 12.1 Å². The van der Waals surface area contributed by atoms with Gasteiger partial charge in [0.2, 0.25) is 0 Å². The lowest BCUT2D eigenvalue weighted by atomic mass is 9.70. The van der Waals surface area contributed by atoms with Crippen LogP contribution in [0.2, 0.25) is 0 Å². The van der Waals surface area contributed by atoms with Crippen LogP contribution in [0.15, 0.2) is 83.3 Å². The van der Waals surface area contributed by atoms with Gasteiger partial charge in [-0.1, -0.05) is 76.6 Å². The molecule has 0 fully saturated rings. The first kappa shape index (κ1) is 16.2. The molecule has 6 rings (SSSR count). The molecule has 28 heavy (non-hydrogen) atoms. The third-order valence-corrected chi connectivity index (χ3v) is 6.76. The van der Waals surface area contributed by atoms with E-state index in [0.29, 0.717) is 11.1 Å². The fourth-order valence-electron chi connectivity index (χ4n) is 5.20. The first-order chi connectivity index (χ1) is 13.7. The average Bonchev–Trinajstić information content (AvgIpc) is 3.18. The highest BCUT2D eigenvalue weighted by molar-refractivity contribution is 9.10. The number of hydrogen-bond donors (Lipinski definition) is 0. The highest BCUT2D eigenvalue weighted by Gasteiger charge is 2.53. The minimum atomic E-state index is -0.735. The van der Waals surface area contributed by atoms with Crippen LogP contribution in [0.25, 0.3) is 22.3 Å². The van der Waals surface area contributed by atoms with Crippen molar-refractivity contribution < 1.29 is 8.78 Å². The Morgan fingerprint density at radius 3 is 1.79 bits per heavy atom. The monoisotopic (exact) mass is 430 g/mol. The Hall–Kier alpha value is -2.78. The molecule has 0 aliphatic heterocycles. The molecule has 0 N–H and O–H groups in total. The summed E-state index contributed by atoms with van der Waals surface area (Å²) in [6.07, 6.45) is 0. The molecule has 1 spiro atoms. The van der Waals surface area contributed by atoms with Gasteiger partial charge in [0.15, 0.2) is 0 Å². The molecule has 4 aromatic carbocycles. The zero-order chi connectivity index (χ0) is 19.0. The van der Waals surface area contributed by atoms with Gasteiger partial charge in [-0.05, 0) is 51.6 Å². The largest absolute Gasteiger partial charge is 0.206 e. The van der Waals surface area contributed by atoms with E-state index in [1.807, 2.05) is 36.4 Å². The maximum Gasteiger partial charge on any atom is 0.131 e. The Labute approximate surface area is 169 Å². The van der Waals surface area contributed by atoms with E-state index in [4.69, 9.17) is 0 Å². The van der Waals surface area contributed by atoms with Crippen LogP contribution in [0.4, 0.5) is 8.78 Å². The summed E-state index contributed by atoms with van der Waals surface area (Å²) in [5, 5.41) is 0. The van der Waals surface area contributed by atoms with Crippen molar-refractivity contribution in [3.05, 3.63) is 117 Å². The summed E-state index contributed by atoms with van der Waals surface area (Å²) in [5.41, 5.74) is 5.91. The molecule has 0 unspecified atom stereocenters. The van der Waals surface area contributed by atoms with Gasteiger partial charge in [-0.2, -0.15) is 0 Å². The van der Waals surface area contributed by atoms with E-state index in [2.05, 4.69) is 34.1 Å². The number of benzene rings is 4. The molecule has 0 saturated heterocycles. The zero-order valence-electron chi connectivity index (χ0n) is 14.6. The number of halogens is 3. The predicted molar refractivity (Wildman–Crippen MR) is 110 cm³/mol. The van der Waals surface area contributed by atoms with E-state index < -0.39 is 17.0 Å². The van der Waals surface area contributed by atoms with Crippen molar-refractivity contribution >= 4 is 15.9 Å². The van der Waals surface area contributed by atoms with Crippen LogP contribution in [0.1, 0.15) is 22.3 Å². The molecule has 2 aliphatic carbocycles. The second kappa shape index (κ2) is 5.39. The van der Waals surface area contributed by atoms with Crippen LogP contribution in [0, 0.1) is 11.6 Å². The van der Waals surface area contributed by atoms with Crippen LogP contribution in [0.3, 0.4) is 0 Å². The van der Waals surface area contributed by atoms with Crippen molar-refractivity contribution in [2.45, 2.75) is 5.41 Å². The Morgan fingerprint density at radius 2 is 1.11 bits per heavy atom. The minimum Gasteiger partial charge on any atom is -0.206 e. The molecular formula is C25H13BrF2. The highest BCUT2D eigenvalue weighted by atomic mass is 79.9. The molecule has 0 bridgehead atoms. The quantitative estimate of drug-likeness (QED) is 0.241.